The zero-order chi connectivity index (χ0) is 19.0. The van der Waals surface area contributed by atoms with Crippen LogP contribution < -0.4 is 5.32 Å². The van der Waals surface area contributed by atoms with Crippen LogP contribution in [0.4, 0.5) is 4.79 Å². The molecule has 1 aromatic rings. The first-order chi connectivity index (χ1) is 12.4. The fourth-order valence-corrected chi connectivity index (χ4v) is 3.06. The predicted molar refractivity (Wildman–Crippen MR) is 93.4 cm³/mol. The van der Waals surface area contributed by atoms with Crippen molar-refractivity contribution in [2.45, 2.75) is 57.8 Å². The van der Waals surface area contributed by atoms with Crippen molar-refractivity contribution in [3.63, 3.8) is 0 Å². The molecule has 1 saturated carbocycles. The highest BCUT2D eigenvalue weighted by atomic mass is 16.7. The number of rotatable bonds is 6. The van der Waals surface area contributed by atoms with Crippen LogP contribution in [0.25, 0.3) is 0 Å². The summed E-state index contributed by atoms with van der Waals surface area (Å²) in [7, 11) is 0. The Morgan fingerprint density at radius 1 is 1.08 bits per heavy atom. The van der Waals surface area contributed by atoms with E-state index in [1.807, 2.05) is 0 Å². The minimum Gasteiger partial charge on any atom is -0.457 e. The van der Waals surface area contributed by atoms with Gasteiger partial charge in [-0.05, 0) is 37.8 Å². The van der Waals surface area contributed by atoms with Crippen LogP contribution in [0, 0.1) is 0 Å². The standard InChI is InChI=1S/C19H25NO6/c1-14(21)26-19(11-7-4-8-12-19)13-20-18(23)25-15(2)24-17(22)16-9-5-3-6-10-16/h3,5-6,9-10,15H,4,7-8,11-13H2,1-2H3,(H,20,23). The molecule has 0 saturated heterocycles. The number of hydrogen-bond donors (Lipinski definition) is 1. The first-order valence-electron chi connectivity index (χ1n) is 8.80. The van der Waals surface area contributed by atoms with Gasteiger partial charge in [-0.3, -0.25) is 4.79 Å². The molecule has 26 heavy (non-hydrogen) atoms. The van der Waals surface area contributed by atoms with E-state index in [1.165, 1.54) is 13.8 Å². The summed E-state index contributed by atoms with van der Waals surface area (Å²) in [5.41, 5.74) is -0.313. The van der Waals surface area contributed by atoms with Crippen LogP contribution >= 0.6 is 0 Å². The van der Waals surface area contributed by atoms with Crippen molar-refractivity contribution in [1.29, 1.82) is 0 Å². The molecule has 0 bridgehead atoms. The Labute approximate surface area is 153 Å². The van der Waals surface area contributed by atoms with Gasteiger partial charge in [0.2, 0.25) is 6.29 Å². The average molecular weight is 363 g/mol. The summed E-state index contributed by atoms with van der Waals surface area (Å²) in [4.78, 5) is 35.3. The largest absolute Gasteiger partial charge is 0.457 e. The molecule has 7 nitrogen and oxygen atoms in total. The molecule has 1 N–H and O–H groups in total. The first kappa shape index (κ1) is 19.8. The van der Waals surface area contributed by atoms with Gasteiger partial charge in [-0.15, -0.1) is 0 Å². The lowest BCUT2D eigenvalue weighted by Gasteiger charge is -2.36. The molecule has 1 amide bonds. The van der Waals surface area contributed by atoms with Crippen molar-refractivity contribution < 1.29 is 28.6 Å². The van der Waals surface area contributed by atoms with Crippen molar-refractivity contribution >= 4 is 18.0 Å². The molecule has 1 fully saturated rings. The van der Waals surface area contributed by atoms with Crippen molar-refractivity contribution in [2.24, 2.45) is 0 Å². The van der Waals surface area contributed by atoms with Gasteiger partial charge in [0.15, 0.2) is 0 Å². The minimum atomic E-state index is -1.04. The maximum absolute atomic E-state index is 12.0. The summed E-state index contributed by atoms with van der Waals surface area (Å²) in [6.45, 7) is 2.99. The maximum Gasteiger partial charge on any atom is 0.410 e. The molecule has 2 rings (SSSR count). The van der Waals surface area contributed by atoms with Crippen LogP contribution in [-0.2, 0) is 19.0 Å². The predicted octanol–water partition coefficient (Wildman–Crippen LogP) is 3.18. The van der Waals surface area contributed by atoms with Crippen LogP contribution in [0.15, 0.2) is 30.3 Å². The van der Waals surface area contributed by atoms with Crippen molar-refractivity contribution in [3.05, 3.63) is 35.9 Å². The van der Waals surface area contributed by atoms with Crippen molar-refractivity contribution in [3.8, 4) is 0 Å². The van der Waals surface area contributed by atoms with Crippen LogP contribution in [0.5, 0.6) is 0 Å². The van der Waals surface area contributed by atoms with E-state index in [4.69, 9.17) is 14.2 Å². The molecule has 1 unspecified atom stereocenters. The number of alkyl carbamates (subject to hydrolysis) is 1. The van der Waals surface area contributed by atoms with Gasteiger partial charge in [0.05, 0.1) is 12.1 Å². The normalized spacial score (nSPS) is 16.8. The Bertz CT molecular complexity index is 624. The molecule has 0 radical (unpaired) electrons. The van der Waals surface area contributed by atoms with Crippen LogP contribution in [0.1, 0.15) is 56.3 Å². The summed E-state index contributed by atoms with van der Waals surface area (Å²) >= 11 is 0. The van der Waals surface area contributed by atoms with E-state index in [1.54, 1.807) is 30.3 Å². The molecule has 1 aliphatic rings. The topological polar surface area (TPSA) is 90.9 Å². The second kappa shape index (κ2) is 9.22. The van der Waals surface area contributed by atoms with Crippen LogP contribution in [-0.4, -0.2) is 36.5 Å². The Balaban J connectivity index is 1.81. The zero-order valence-electron chi connectivity index (χ0n) is 15.2. The van der Waals surface area contributed by atoms with Crippen molar-refractivity contribution in [2.75, 3.05) is 6.54 Å². The average Bonchev–Trinajstić information content (AvgIpc) is 2.61. The third-order valence-electron chi connectivity index (χ3n) is 4.24. The second-order valence-electron chi connectivity index (χ2n) is 6.44. The lowest BCUT2D eigenvalue weighted by molar-refractivity contribution is -0.160. The van der Waals surface area contributed by atoms with Gasteiger partial charge >= 0.3 is 18.0 Å². The molecule has 1 aromatic carbocycles. The minimum absolute atomic E-state index is 0.171. The number of carbonyl (C=O) groups excluding carboxylic acids is 3. The monoisotopic (exact) mass is 363 g/mol. The Morgan fingerprint density at radius 3 is 2.35 bits per heavy atom. The second-order valence-corrected chi connectivity index (χ2v) is 6.44. The maximum atomic E-state index is 12.0. The Kier molecular flexibility index (Phi) is 7.00. The number of esters is 2. The summed E-state index contributed by atoms with van der Waals surface area (Å²) in [5, 5.41) is 2.61. The van der Waals surface area contributed by atoms with Gasteiger partial charge in [0.25, 0.3) is 0 Å². The molecule has 0 aliphatic heterocycles. The highest BCUT2D eigenvalue weighted by molar-refractivity contribution is 5.89. The smallest absolute Gasteiger partial charge is 0.410 e. The SMILES string of the molecule is CC(=O)OC1(CNC(=O)OC(C)OC(=O)c2ccccc2)CCCCC1. The fourth-order valence-electron chi connectivity index (χ4n) is 3.06. The highest BCUT2D eigenvalue weighted by Gasteiger charge is 2.35. The van der Waals surface area contributed by atoms with Gasteiger partial charge in [-0.1, -0.05) is 24.6 Å². The van der Waals surface area contributed by atoms with Crippen LogP contribution in [0.3, 0.4) is 0 Å². The lowest BCUT2D eigenvalue weighted by atomic mass is 9.84. The molecular formula is C19H25NO6. The number of benzene rings is 1. The third kappa shape index (κ3) is 6.06. The zero-order valence-corrected chi connectivity index (χ0v) is 15.2. The molecule has 142 valence electrons. The number of amides is 1. The number of nitrogens with one attached hydrogen (secondary N) is 1. The third-order valence-corrected chi connectivity index (χ3v) is 4.24. The Morgan fingerprint density at radius 2 is 1.73 bits per heavy atom. The summed E-state index contributed by atoms with van der Waals surface area (Å²) in [6.07, 6.45) is 2.59. The molecule has 0 aromatic heterocycles. The summed E-state index contributed by atoms with van der Waals surface area (Å²) in [5.74, 6) is -0.943. The van der Waals surface area contributed by atoms with E-state index in [0.29, 0.717) is 18.4 Å². The van der Waals surface area contributed by atoms with Gasteiger partial charge in [-0.25, -0.2) is 9.59 Å². The van der Waals surface area contributed by atoms with E-state index < -0.39 is 24.0 Å². The van der Waals surface area contributed by atoms with Gasteiger partial charge < -0.3 is 19.5 Å². The van der Waals surface area contributed by atoms with E-state index >= 15 is 0 Å². The van der Waals surface area contributed by atoms with Crippen molar-refractivity contribution in [1.82, 2.24) is 5.32 Å². The molecule has 1 atom stereocenters. The number of ether oxygens (including phenoxy) is 3. The van der Waals surface area contributed by atoms with Crippen LogP contribution in [0.2, 0.25) is 0 Å². The number of carbonyl (C=O) groups is 3. The van der Waals surface area contributed by atoms with E-state index in [2.05, 4.69) is 5.32 Å². The highest BCUT2D eigenvalue weighted by Crippen LogP contribution is 2.31. The molecule has 7 heteroatoms. The molecule has 0 heterocycles. The first-order valence-corrected chi connectivity index (χ1v) is 8.80. The fraction of sp³-hybridized carbons (Fsp3) is 0.526. The number of hydrogen-bond acceptors (Lipinski definition) is 6. The van der Waals surface area contributed by atoms with Gasteiger partial charge in [0.1, 0.15) is 5.60 Å². The molecular weight excluding hydrogens is 338 g/mol. The van der Waals surface area contributed by atoms with E-state index in [0.717, 1.165) is 19.3 Å². The van der Waals surface area contributed by atoms with Gasteiger partial charge in [-0.2, -0.15) is 0 Å². The van der Waals surface area contributed by atoms with Gasteiger partial charge in [0, 0.05) is 13.8 Å². The summed E-state index contributed by atoms with van der Waals surface area (Å²) < 4.78 is 15.6. The lowest BCUT2D eigenvalue weighted by Crippen LogP contribution is -2.48. The van der Waals surface area contributed by atoms with E-state index in [-0.39, 0.29) is 12.5 Å². The molecule has 0 spiro atoms. The quantitative estimate of drug-likeness (QED) is 0.616. The Hall–Kier alpha value is -2.57. The molecule has 1 aliphatic carbocycles. The van der Waals surface area contributed by atoms with E-state index in [9.17, 15) is 14.4 Å². The summed E-state index contributed by atoms with van der Waals surface area (Å²) in [6, 6.07) is 8.44.